The lowest BCUT2D eigenvalue weighted by Gasteiger charge is -2.24. The fourth-order valence-corrected chi connectivity index (χ4v) is 3.03. The Hall–Kier alpha value is -0.840. The molecule has 4 heteroatoms. The first-order valence-corrected chi connectivity index (χ1v) is 8.64. The molecular weight excluding hydrogens is 392 g/mol. The molecule has 0 saturated heterocycles. The largest absolute Gasteiger partial charge is 0.370 e. The summed E-state index contributed by atoms with van der Waals surface area (Å²) in [5, 5.41) is 3.40. The van der Waals surface area contributed by atoms with Crippen LogP contribution in [-0.4, -0.2) is 13.6 Å². The van der Waals surface area contributed by atoms with E-state index in [9.17, 15) is 0 Å². The fourth-order valence-electron chi connectivity index (χ4n) is 2.27. The molecule has 0 aliphatic heterocycles. The summed E-state index contributed by atoms with van der Waals surface area (Å²) in [7, 11) is 2.14. The molecule has 0 radical (unpaired) electrons. The lowest BCUT2D eigenvalue weighted by Crippen LogP contribution is -2.21. The highest BCUT2D eigenvalue weighted by molar-refractivity contribution is 9.10. The van der Waals surface area contributed by atoms with Gasteiger partial charge in [0, 0.05) is 34.8 Å². The van der Waals surface area contributed by atoms with Gasteiger partial charge < -0.3 is 10.2 Å². The molecule has 0 saturated carbocycles. The Balaban J connectivity index is 2.23. The monoisotopic (exact) mass is 410 g/mol. The van der Waals surface area contributed by atoms with E-state index in [2.05, 4.69) is 92.4 Å². The van der Waals surface area contributed by atoms with Gasteiger partial charge in [0.05, 0.1) is 0 Å². The summed E-state index contributed by atoms with van der Waals surface area (Å²) in [6.07, 6.45) is 0. The molecule has 21 heavy (non-hydrogen) atoms. The molecule has 2 rings (SSSR count). The van der Waals surface area contributed by atoms with Gasteiger partial charge in [-0.05, 0) is 35.9 Å². The van der Waals surface area contributed by atoms with Gasteiger partial charge in [-0.25, -0.2) is 0 Å². The summed E-state index contributed by atoms with van der Waals surface area (Å²) in [5.41, 5.74) is 3.85. The molecule has 0 amide bonds. The lowest BCUT2D eigenvalue weighted by atomic mass is 10.1. The third kappa shape index (κ3) is 4.56. The molecule has 0 aliphatic carbocycles. The minimum atomic E-state index is 0.872. The van der Waals surface area contributed by atoms with Gasteiger partial charge in [0.1, 0.15) is 0 Å². The van der Waals surface area contributed by atoms with Crippen LogP contribution in [-0.2, 0) is 13.1 Å². The molecule has 2 aromatic rings. The van der Waals surface area contributed by atoms with Crippen molar-refractivity contribution in [3.8, 4) is 0 Å². The number of nitrogens with one attached hydrogen (secondary N) is 1. The van der Waals surface area contributed by atoms with Crippen LogP contribution in [0.15, 0.2) is 51.4 Å². The van der Waals surface area contributed by atoms with Gasteiger partial charge in [-0.15, -0.1) is 0 Å². The zero-order valence-electron chi connectivity index (χ0n) is 12.4. The third-order valence-electron chi connectivity index (χ3n) is 3.39. The second-order valence-corrected chi connectivity index (χ2v) is 6.77. The minimum absolute atomic E-state index is 0.872. The summed E-state index contributed by atoms with van der Waals surface area (Å²) < 4.78 is 2.26. The molecule has 2 nitrogen and oxygen atoms in total. The number of hydrogen-bond donors (Lipinski definition) is 1. The summed E-state index contributed by atoms with van der Waals surface area (Å²) in [5.74, 6) is 0. The summed E-state index contributed by atoms with van der Waals surface area (Å²) in [6, 6.07) is 14.8. The highest BCUT2D eigenvalue weighted by Gasteiger charge is 2.10. The van der Waals surface area contributed by atoms with E-state index < -0.39 is 0 Å². The molecule has 0 bridgehead atoms. The predicted octanol–water partition coefficient (Wildman–Crippen LogP) is 4.96. The van der Waals surface area contributed by atoms with Crippen molar-refractivity contribution in [3.05, 3.63) is 62.5 Å². The number of halogens is 2. The van der Waals surface area contributed by atoms with E-state index in [1.807, 2.05) is 6.07 Å². The van der Waals surface area contributed by atoms with Crippen LogP contribution in [0.25, 0.3) is 0 Å². The zero-order valence-corrected chi connectivity index (χ0v) is 15.5. The standard InChI is InChI=1S/C17H20Br2N2/c1-3-20-11-13-8-9-15(18)10-17(13)21(2)12-14-6-4-5-7-16(14)19/h4-10,20H,3,11-12H2,1-2H3. The highest BCUT2D eigenvalue weighted by atomic mass is 79.9. The van der Waals surface area contributed by atoms with Gasteiger partial charge in [0.2, 0.25) is 0 Å². The normalized spacial score (nSPS) is 10.7. The van der Waals surface area contributed by atoms with Crippen LogP contribution in [0.2, 0.25) is 0 Å². The van der Waals surface area contributed by atoms with Gasteiger partial charge in [-0.3, -0.25) is 0 Å². The van der Waals surface area contributed by atoms with E-state index >= 15 is 0 Å². The first-order valence-electron chi connectivity index (χ1n) is 7.05. The van der Waals surface area contributed by atoms with Crippen molar-refractivity contribution in [2.24, 2.45) is 0 Å². The Labute approximate surface area is 143 Å². The van der Waals surface area contributed by atoms with Crippen molar-refractivity contribution in [1.29, 1.82) is 0 Å². The van der Waals surface area contributed by atoms with Crippen LogP contribution in [0.5, 0.6) is 0 Å². The molecule has 0 atom stereocenters. The summed E-state index contributed by atoms with van der Waals surface area (Å²) in [6.45, 7) is 4.86. The van der Waals surface area contributed by atoms with Crippen LogP contribution in [0, 0.1) is 0 Å². The Morgan fingerprint density at radius 2 is 1.81 bits per heavy atom. The van der Waals surface area contributed by atoms with Gasteiger partial charge in [0.15, 0.2) is 0 Å². The van der Waals surface area contributed by atoms with Crippen LogP contribution in [0.4, 0.5) is 5.69 Å². The predicted molar refractivity (Wildman–Crippen MR) is 97.8 cm³/mol. The number of hydrogen-bond acceptors (Lipinski definition) is 2. The molecule has 0 aromatic heterocycles. The first kappa shape index (κ1) is 16.5. The molecule has 0 heterocycles. The van der Waals surface area contributed by atoms with E-state index in [-0.39, 0.29) is 0 Å². The number of rotatable bonds is 6. The Morgan fingerprint density at radius 1 is 1.05 bits per heavy atom. The molecular formula is C17H20Br2N2. The van der Waals surface area contributed by atoms with Crippen molar-refractivity contribution in [1.82, 2.24) is 5.32 Å². The van der Waals surface area contributed by atoms with Gasteiger partial charge in [-0.1, -0.05) is 63.0 Å². The van der Waals surface area contributed by atoms with E-state index in [0.717, 1.165) is 28.6 Å². The van der Waals surface area contributed by atoms with Crippen LogP contribution < -0.4 is 10.2 Å². The smallest absolute Gasteiger partial charge is 0.0437 e. The first-order chi connectivity index (χ1) is 10.1. The van der Waals surface area contributed by atoms with Crippen LogP contribution in [0.1, 0.15) is 18.1 Å². The Morgan fingerprint density at radius 3 is 2.52 bits per heavy atom. The molecule has 1 N–H and O–H groups in total. The van der Waals surface area contributed by atoms with Crippen molar-refractivity contribution < 1.29 is 0 Å². The van der Waals surface area contributed by atoms with Crippen molar-refractivity contribution in [3.63, 3.8) is 0 Å². The van der Waals surface area contributed by atoms with Gasteiger partial charge in [0.25, 0.3) is 0 Å². The molecule has 2 aromatic carbocycles. The van der Waals surface area contributed by atoms with Crippen LogP contribution >= 0.6 is 31.9 Å². The Bertz CT molecular complexity index is 599. The second kappa shape index (κ2) is 7.97. The van der Waals surface area contributed by atoms with E-state index in [1.165, 1.54) is 16.8 Å². The quantitative estimate of drug-likeness (QED) is 0.722. The van der Waals surface area contributed by atoms with Crippen molar-refractivity contribution >= 4 is 37.5 Å². The SMILES string of the molecule is CCNCc1ccc(Br)cc1N(C)Cc1ccccc1Br. The fraction of sp³-hybridized carbons (Fsp3) is 0.294. The molecule has 0 fully saturated rings. The lowest BCUT2D eigenvalue weighted by molar-refractivity contribution is 0.723. The number of benzene rings is 2. The van der Waals surface area contributed by atoms with E-state index in [1.54, 1.807) is 0 Å². The van der Waals surface area contributed by atoms with E-state index in [0.29, 0.717) is 0 Å². The number of anilines is 1. The third-order valence-corrected chi connectivity index (χ3v) is 4.66. The molecule has 0 aliphatic rings. The topological polar surface area (TPSA) is 15.3 Å². The molecule has 0 spiro atoms. The highest BCUT2D eigenvalue weighted by Crippen LogP contribution is 2.27. The van der Waals surface area contributed by atoms with Crippen LogP contribution in [0.3, 0.4) is 0 Å². The zero-order chi connectivity index (χ0) is 15.2. The second-order valence-electron chi connectivity index (χ2n) is 5.00. The Kier molecular flexibility index (Phi) is 6.27. The summed E-state index contributed by atoms with van der Waals surface area (Å²) in [4.78, 5) is 2.29. The maximum Gasteiger partial charge on any atom is 0.0437 e. The van der Waals surface area contributed by atoms with Gasteiger partial charge >= 0.3 is 0 Å². The maximum absolute atomic E-state index is 3.62. The maximum atomic E-state index is 3.62. The average Bonchev–Trinajstić information content (AvgIpc) is 2.48. The van der Waals surface area contributed by atoms with Crippen molar-refractivity contribution in [2.75, 3.05) is 18.5 Å². The summed E-state index contributed by atoms with van der Waals surface area (Å²) >= 11 is 7.20. The average molecular weight is 412 g/mol. The van der Waals surface area contributed by atoms with Crippen molar-refractivity contribution in [2.45, 2.75) is 20.0 Å². The van der Waals surface area contributed by atoms with Gasteiger partial charge in [-0.2, -0.15) is 0 Å². The molecule has 112 valence electrons. The molecule has 0 unspecified atom stereocenters. The van der Waals surface area contributed by atoms with E-state index in [4.69, 9.17) is 0 Å². The number of nitrogens with zero attached hydrogens (tertiary/aromatic N) is 1. The minimum Gasteiger partial charge on any atom is -0.370 e.